The summed E-state index contributed by atoms with van der Waals surface area (Å²) in [6, 6.07) is 2.10. The maximum absolute atomic E-state index is 13.5. The van der Waals surface area contributed by atoms with Gasteiger partial charge in [0, 0.05) is 26.9 Å². The minimum Gasteiger partial charge on any atom is -0.496 e. The molecule has 0 unspecified atom stereocenters. The number of halogens is 7. The Morgan fingerprint density at radius 1 is 0.923 bits per heavy atom. The van der Waals surface area contributed by atoms with Crippen LogP contribution in [0.2, 0.25) is 0 Å². The monoisotopic (exact) mass is 441 g/mol. The Labute approximate surface area is 154 Å². The van der Waals surface area contributed by atoms with E-state index in [1.54, 1.807) is 6.92 Å². The summed E-state index contributed by atoms with van der Waals surface area (Å²) >= 11 is 3.19. The molecule has 0 saturated carbocycles. The van der Waals surface area contributed by atoms with Crippen LogP contribution in [-0.2, 0) is 12.4 Å². The summed E-state index contributed by atoms with van der Waals surface area (Å²) in [6.45, 7) is 3.21. The Morgan fingerprint density at radius 2 is 1.50 bits per heavy atom. The first-order valence-corrected chi connectivity index (χ1v) is 8.00. The normalized spacial score (nSPS) is 12.4. The SMILES string of the molecule is COc1c(C)cc(Br)c(-c2c(N)cc(C(F)(F)F)cc2C(F)(F)F)c1C. The van der Waals surface area contributed by atoms with Gasteiger partial charge in [-0.25, -0.2) is 0 Å². The third-order valence-corrected chi connectivity index (χ3v) is 4.54. The fourth-order valence-corrected chi connectivity index (χ4v) is 3.71. The van der Waals surface area contributed by atoms with Crippen molar-refractivity contribution in [1.82, 2.24) is 0 Å². The first-order valence-electron chi connectivity index (χ1n) is 7.21. The van der Waals surface area contributed by atoms with Gasteiger partial charge in [-0.2, -0.15) is 26.3 Å². The number of nitrogens with two attached hydrogens (primary N) is 1. The van der Waals surface area contributed by atoms with Crippen molar-refractivity contribution in [2.45, 2.75) is 26.2 Å². The standard InChI is InChI=1S/C17H14BrF6NO/c1-7-4-11(18)13(8(2)15(7)26-3)14-10(17(22,23)24)5-9(6-12(14)25)16(19,20)21/h4-6H,25H2,1-3H3. The van der Waals surface area contributed by atoms with Crippen molar-refractivity contribution in [3.8, 4) is 16.9 Å². The van der Waals surface area contributed by atoms with Gasteiger partial charge in [-0.05, 0) is 37.6 Å². The maximum Gasteiger partial charge on any atom is 0.417 e. The Hall–Kier alpha value is -1.90. The van der Waals surface area contributed by atoms with Crippen LogP contribution in [0.15, 0.2) is 22.7 Å². The molecule has 2 rings (SSSR count). The number of benzene rings is 2. The molecule has 0 aromatic heterocycles. The Morgan fingerprint density at radius 3 is 1.96 bits per heavy atom. The fourth-order valence-electron chi connectivity index (χ4n) is 2.87. The van der Waals surface area contributed by atoms with Crippen LogP contribution >= 0.6 is 15.9 Å². The molecule has 26 heavy (non-hydrogen) atoms. The van der Waals surface area contributed by atoms with Gasteiger partial charge in [-0.1, -0.05) is 15.9 Å². The zero-order chi connectivity index (χ0) is 20.0. The van der Waals surface area contributed by atoms with Gasteiger partial charge in [0.2, 0.25) is 0 Å². The van der Waals surface area contributed by atoms with Crippen LogP contribution < -0.4 is 10.5 Å². The summed E-state index contributed by atoms with van der Waals surface area (Å²) in [7, 11) is 1.35. The minimum absolute atomic E-state index is 0.0333. The number of anilines is 1. The fraction of sp³-hybridized carbons (Fsp3) is 0.294. The second-order valence-electron chi connectivity index (χ2n) is 5.69. The van der Waals surface area contributed by atoms with Gasteiger partial charge in [0.1, 0.15) is 5.75 Å². The van der Waals surface area contributed by atoms with Crippen molar-refractivity contribution in [3.63, 3.8) is 0 Å². The van der Waals surface area contributed by atoms with Crippen molar-refractivity contribution >= 4 is 21.6 Å². The maximum atomic E-state index is 13.5. The molecule has 2 aromatic rings. The minimum atomic E-state index is -5.03. The summed E-state index contributed by atoms with van der Waals surface area (Å²) in [4.78, 5) is 0. The van der Waals surface area contributed by atoms with Crippen LogP contribution in [0.3, 0.4) is 0 Å². The van der Waals surface area contributed by atoms with Gasteiger partial charge in [0.05, 0.1) is 18.2 Å². The van der Waals surface area contributed by atoms with E-state index in [1.807, 2.05) is 0 Å². The van der Waals surface area contributed by atoms with Gasteiger partial charge >= 0.3 is 12.4 Å². The summed E-state index contributed by atoms with van der Waals surface area (Å²) in [5.74, 6) is 0.329. The molecule has 0 aliphatic heterocycles. The Balaban J connectivity index is 2.96. The van der Waals surface area contributed by atoms with Crippen molar-refractivity contribution in [2.24, 2.45) is 0 Å². The van der Waals surface area contributed by atoms with Gasteiger partial charge in [0.25, 0.3) is 0 Å². The molecular formula is C17H14BrF6NO. The lowest BCUT2D eigenvalue weighted by Crippen LogP contribution is -2.14. The number of aryl methyl sites for hydroxylation is 1. The Kier molecular flexibility index (Phi) is 5.24. The first kappa shape index (κ1) is 20.4. The number of rotatable bonds is 2. The summed E-state index contributed by atoms with van der Waals surface area (Å²) in [6.07, 6.45) is -9.99. The number of hydrogen-bond acceptors (Lipinski definition) is 2. The van der Waals surface area contributed by atoms with E-state index < -0.39 is 34.7 Å². The van der Waals surface area contributed by atoms with E-state index in [9.17, 15) is 26.3 Å². The van der Waals surface area contributed by atoms with Gasteiger partial charge in [-0.15, -0.1) is 0 Å². The first-order chi connectivity index (χ1) is 11.8. The Bertz CT molecular complexity index is 858. The highest BCUT2D eigenvalue weighted by atomic mass is 79.9. The highest BCUT2D eigenvalue weighted by Gasteiger charge is 2.40. The third kappa shape index (κ3) is 3.62. The zero-order valence-corrected chi connectivity index (χ0v) is 15.4. The number of hydrogen-bond donors (Lipinski definition) is 1. The average molecular weight is 442 g/mol. The quantitative estimate of drug-likeness (QED) is 0.434. The van der Waals surface area contributed by atoms with E-state index in [1.165, 1.54) is 20.1 Å². The average Bonchev–Trinajstić information content (AvgIpc) is 2.46. The second-order valence-corrected chi connectivity index (χ2v) is 6.55. The van der Waals surface area contributed by atoms with E-state index in [2.05, 4.69) is 15.9 Å². The molecule has 0 saturated heterocycles. The van der Waals surface area contributed by atoms with Crippen molar-refractivity contribution in [3.05, 3.63) is 44.9 Å². The van der Waals surface area contributed by atoms with Crippen molar-refractivity contribution < 1.29 is 31.1 Å². The summed E-state index contributed by atoms with van der Waals surface area (Å²) in [5, 5.41) is 0. The highest BCUT2D eigenvalue weighted by Crippen LogP contribution is 2.48. The van der Waals surface area contributed by atoms with E-state index in [-0.39, 0.29) is 16.1 Å². The van der Waals surface area contributed by atoms with Crippen LogP contribution in [-0.4, -0.2) is 7.11 Å². The molecule has 0 amide bonds. The van der Waals surface area contributed by atoms with Crippen molar-refractivity contribution in [1.29, 1.82) is 0 Å². The molecule has 0 fully saturated rings. The highest BCUT2D eigenvalue weighted by molar-refractivity contribution is 9.10. The van der Waals surface area contributed by atoms with Gasteiger partial charge in [0.15, 0.2) is 0 Å². The molecule has 142 valence electrons. The lowest BCUT2D eigenvalue weighted by Gasteiger charge is -2.22. The van der Waals surface area contributed by atoms with Crippen LogP contribution in [0.5, 0.6) is 5.75 Å². The largest absolute Gasteiger partial charge is 0.496 e. The van der Waals surface area contributed by atoms with E-state index in [0.717, 1.165) is 0 Å². The smallest absolute Gasteiger partial charge is 0.417 e. The topological polar surface area (TPSA) is 35.2 Å². The molecule has 0 bridgehead atoms. The number of methoxy groups -OCH3 is 1. The molecular weight excluding hydrogens is 428 g/mol. The summed E-state index contributed by atoms with van der Waals surface area (Å²) in [5.41, 5.74) is 2.61. The van der Waals surface area contributed by atoms with Crippen molar-refractivity contribution in [2.75, 3.05) is 12.8 Å². The van der Waals surface area contributed by atoms with Crippen LogP contribution in [0.25, 0.3) is 11.1 Å². The molecule has 0 aliphatic rings. The lowest BCUT2D eigenvalue weighted by molar-refractivity contribution is -0.142. The van der Waals surface area contributed by atoms with E-state index in [0.29, 0.717) is 22.9 Å². The summed E-state index contributed by atoms with van der Waals surface area (Å²) < 4.78 is 84.9. The molecule has 0 heterocycles. The molecule has 0 spiro atoms. The molecule has 0 aliphatic carbocycles. The predicted molar refractivity (Wildman–Crippen MR) is 90.0 cm³/mol. The van der Waals surface area contributed by atoms with E-state index in [4.69, 9.17) is 10.5 Å². The van der Waals surface area contributed by atoms with E-state index >= 15 is 0 Å². The number of nitrogen functional groups attached to an aromatic ring is 1. The molecule has 0 radical (unpaired) electrons. The molecule has 9 heteroatoms. The lowest BCUT2D eigenvalue weighted by atomic mass is 9.90. The zero-order valence-electron chi connectivity index (χ0n) is 13.9. The van der Waals surface area contributed by atoms with Crippen LogP contribution in [0.1, 0.15) is 22.3 Å². The number of alkyl halides is 6. The molecule has 2 nitrogen and oxygen atoms in total. The van der Waals surface area contributed by atoms with Crippen LogP contribution in [0.4, 0.5) is 32.0 Å². The molecule has 0 atom stereocenters. The third-order valence-electron chi connectivity index (χ3n) is 3.91. The van der Waals surface area contributed by atoms with Gasteiger partial charge in [-0.3, -0.25) is 0 Å². The second kappa shape index (κ2) is 6.68. The molecule has 2 aromatic carbocycles. The van der Waals surface area contributed by atoms with Crippen LogP contribution in [0, 0.1) is 13.8 Å². The predicted octanol–water partition coefficient (Wildman–Crippen LogP) is 6.36. The molecule has 2 N–H and O–H groups in total. The number of ether oxygens (including phenoxy) is 1. The van der Waals surface area contributed by atoms with Gasteiger partial charge < -0.3 is 10.5 Å².